The first-order valence-corrected chi connectivity index (χ1v) is 9.33. The number of H-pyrrole nitrogens is 1. The Kier molecular flexibility index (Phi) is 4.25. The Morgan fingerprint density at radius 1 is 1.32 bits per heavy atom. The van der Waals surface area contributed by atoms with Gasteiger partial charge < -0.3 is 9.88 Å². The van der Waals surface area contributed by atoms with Crippen molar-refractivity contribution in [2.24, 2.45) is 0 Å². The van der Waals surface area contributed by atoms with Crippen LogP contribution in [0.5, 0.6) is 0 Å². The summed E-state index contributed by atoms with van der Waals surface area (Å²) in [6.07, 6.45) is 4.45. The average Bonchev–Trinajstić information content (AvgIpc) is 2.91. The van der Waals surface area contributed by atoms with Crippen molar-refractivity contribution in [1.82, 2.24) is 14.6 Å². The van der Waals surface area contributed by atoms with Crippen LogP contribution in [0.4, 0.5) is 0 Å². The standard InChI is InChI=1S/C16H23N3O2S/c1-17-22(20,21)11-12-3-4-14-15(10-18-16(14)9-12)13-5-7-19(2)8-6-13/h3-4,9-10,13,17-18H,5-8,11H2,1-2H3. The Morgan fingerprint density at radius 3 is 2.73 bits per heavy atom. The van der Waals surface area contributed by atoms with E-state index in [1.807, 2.05) is 12.1 Å². The first kappa shape index (κ1) is 15.5. The molecule has 1 aliphatic heterocycles. The van der Waals surface area contributed by atoms with Gasteiger partial charge in [0.2, 0.25) is 10.0 Å². The molecule has 2 N–H and O–H groups in total. The van der Waals surface area contributed by atoms with Gasteiger partial charge in [-0.3, -0.25) is 0 Å². The molecule has 120 valence electrons. The van der Waals surface area contributed by atoms with Gasteiger partial charge in [-0.25, -0.2) is 13.1 Å². The Labute approximate surface area is 131 Å². The Bertz CT molecular complexity index is 759. The third-order valence-electron chi connectivity index (χ3n) is 4.60. The molecule has 1 saturated heterocycles. The van der Waals surface area contributed by atoms with Crippen molar-refractivity contribution in [3.05, 3.63) is 35.5 Å². The molecule has 0 amide bonds. The molecule has 0 atom stereocenters. The number of benzene rings is 1. The summed E-state index contributed by atoms with van der Waals surface area (Å²) >= 11 is 0. The summed E-state index contributed by atoms with van der Waals surface area (Å²) in [6, 6.07) is 5.92. The number of aromatic nitrogens is 1. The minimum atomic E-state index is -3.23. The third kappa shape index (κ3) is 3.19. The van der Waals surface area contributed by atoms with Crippen LogP contribution in [0.2, 0.25) is 0 Å². The molecular weight excluding hydrogens is 298 g/mol. The van der Waals surface area contributed by atoms with Crippen molar-refractivity contribution in [3.8, 4) is 0 Å². The molecule has 0 unspecified atom stereocenters. The maximum absolute atomic E-state index is 11.7. The van der Waals surface area contributed by atoms with Crippen LogP contribution in [0, 0.1) is 0 Å². The third-order valence-corrected chi connectivity index (χ3v) is 5.94. The zero-order valence-electron chi connectivity index (χ0n) is 13.1. The van der Waals surface area contributed by atoms with E-state index in [1.54, 1.807) is 0 Å². The normalized spacial score (nSPS) is 18.1. The van der Waals surface area contributed by atoms with Gasteiger partial charge in [0.1, 0.15) is 0 Å². The molecule has 0 saturated carbocycles. The lowest BCUT2D eigenvalue weighted by Crippen LogP contribution is -2.29. The number of piperidine rings is 1. The number of hydrogen-bond acceptors (Lipinski definition) is 3. The Hall–Kier alpha value is -1.37. The fraction of sp³-hybridized carbons (Fsp3) is 0.500. The predicted molar refractivity (Wildman–Crippen MR) is 89.5 cm³/mol. The number of nitrogens with one attached hydrogen (secondary N) is 2. The van der Waals surface area contributed by atoms with Gasteiger partial charge in [0.05, 0.1) is 5.75 Å². The Balaban J connectivity index is 1.86. The quantitative estimate of drug-likeness (QED) is 0.905. The number of aromatic amines is 1. The van der Waals surface area contributed by atoms with E-state index >= 15 is 0 Å². The van der Waals surface area contributed by atoms with Crippen LogP contribution in [0.1, 0.15) is 29.9 Å². The lowest BCUT2D eigenvalue weighted by atomic mass is 9.89. The van der Waals surface area contributed by atoms with Crippen molar-refractivity contribution in [2.75, 3.05) is 27.2 Å². The summed E-state index contributed by atoms with van der Waals surface area (Å²) in [4.78, 5) is 5.68. The molecule has 22 heavy (non-hydrogen) atoms. The molecule has 5 nitrogen and oxygen atoms in total. The van der Waals surface area contributed by atoms with Gasteiger partial charge >= 0.3 is 0 Å². The smallest absolute Gasteiger partial charge is 0.215 e. The van der Waals surface area contributed by atoms with Crippen molar-refractivity contribution in [2.45, 2.75) is 24.5 Å². The zero-order chi connectivity index (χ0) is 15.7. The predicted octanol–water partition coefficient (Wildman–Crippen LogP) is 2.03. The Morgan fingerprint density at radius 2 is 2.05 bits per heavy atom. The van der Waals surface area contributed by atoms with Crippen molar-refractivity contribution in [3.63, 3.8) is 0 Å². The van der Waals surface area contributed by atoms with Crippen molar-refractivity contribution < 1.29 is 8.42 Å². The summed E-state index contributed by atoms with van der Waals surface area (Å²) in [5.74, 6) is 0.610. The molecule has 0 aliphatic carbocycles. The van der Waals surface area contributed by atoms with Crippen LogP contribution >= 0.6 is 0 Å². The topological polar surface area (TPSA) is 65.2 Å². The zero-order valence-corrected chi connectivity index (χ0v) is 13.9. The number of nitrogens with zero attached hydrogens (tertiary/aromatic N) is 1. The number of likely N-dealkylation sites (tertiary alicyclic amines) is 1. The minimum Gasteiger partial charge on any atom is -0.361 e. The van der Waals surface area contributed by atoms with Crippen LogP contribution < -0.4 is 4.72 Å². The molecule has 2 heterocycles. The largest absolute Gasteiger partial charge is 0.361 e. The number of sulfonamides is 1. The molecule has 1 aromatic heterocycles. The molecule has 0 radical (unpaired) electrons. The van der Waals surface area contributed by atoms with Crippen molar-refractivity contribution >= 4 is 20.9 Å². The molecule has 1 aliphatic rings. The molecule has 1 fully saturated rings. The van der Waals surface area contributed by atoms with Crippen LogP contribution in [0.3, 0.4) is 0 Å². The highest BCUT2D eigenvalue weighted by molar-refractivity contribution is 7.88. The van der Waals surface area contributed by atoms with E-state index in [1.165, 1.54) is 30.8 Å². The average molecular weight is 321 g/mol. The molecule has 1 aromatic carbocycles. The first-order chi connectivity index (χ1) is 10.5. The molecule has 0 bridgehead atoms. The minimum absolute atomic E-state index is 0.0159. The second-order valence-electron chi connectivity index (χ2n) is 6.16. The molecule has 6 heteroatoms. The SMILES string of the molecule is CNS(=O)(=O)Cc1ccc2c(C3CCN(C)CC3)c[nH]c2c1. The summed E-state index contributed by atoms with van der Waals surface area (Å²) in [5, 5.41) is 1.22. The summed E-state index contributed by atoms with van der Waals surface area (Å²) in [7, 11) is 0.381. The summed E-state index contributed by atoms with van der Waals surface area (Å²) in [6.45, 7) is 2.27. The van der Waals surface area contributed by atoms with Crippen molar-refractivity contribution in [1.29, 1.82) is 0 Å². The van der Waals surface area contributed by atoms with Gasteiger partial charge in [-0.2, -0.15) is 0 Å². The maximum atomic E-state index is 11.7. The molecule has 2 aromatic rings. The first-order valence-electron chi connectivity index (χ1n) is 7.68. The van der Waals surface area contributed by atoms with Crippen LogP contribution in [0.15, 0.2) is 24.4 Å². The van der Waals surface area contributed by atoms with E-state index in [0.717, 1.165) is 24.2 Å². The highest BCUT2D eigenvalue weighted by atomic mass is 32.2. The lowest BCUT2D eigenvalue weighted by molar-refractivity contribution is 0.256. The fourth-order valence-electron chi connectivity index (χ4n) is 3.23. The highest BCUT2D eigenvalue weighted by Gasteiger charge is 2.21. The van der Waals surface area contributed by atoms with Gasteiger partial charge in [-0.15, -0.1) is 0 Å². The second-order valence-corrected chi connectivity index (χ2v) is 8.09. The van der Waals surface area contributed by atoms with E-state index in [0.29, 0.717) is 5.92 Å². The molecule has 3 rings (SSSR count). The van der Waals surface area contributed by atoms with Gasteiger partial charge in [-0.1, -0.05) is 12.1 Å². The fourth-order valence-corrected chi connectivity index (χ4v) is 4.00. The van der Waals surface area contributed by atoms with Gasteiger partial charge in [0.25, 0.3) is 0 Å². The van der Waals surface area contributed by atoms with E-state index in [4.69, 9.17) is 0 Å². The molecule has 0 spiro atoms. The second kappa shape index (κ2) is 6.02. The van der Waals surface area contributed by atoms with Crippen LogP contribution in [0.25, 0.3) is 10.9 Å². The highest BCUT2D eigenvalue weighted by Crippen LogP contribution is 2.33. The lowest BCUT2D eigenvalue weighted by Gasteiger charge is -2.28. The van der Waals surface area contributed by atoms with E-state index in [9.17, 15) is 8.42 Å². The monoisotopic (exact) mass is 321 g/mol. The van der Waals surface area contributed by atoms with E-state index in [-0.39, 0.29) is 5.75 Å². The van der Waals surface area contributed by atoms with E-state index in [2.05, 4.69) is 33.9 Å². The number of rotatable bonds is 4. The van der Waals surface area contributed by atoms with E-state index < -0.39 is 10.0 Å². The van der Waals surface area contributed by atoms with Crippen LogP contribution in [-0.4, -0.2) is 45.5 Å². The number of hydrogen-bond donors (Lipinski definition) is 2. The van der Waals surface area contributed by atoms with Gasteiger partial charge in [0, 0.05) is 17.1 Å². The van der Waals surface area contributed by atoms with Gasteiger partial charge in [0.15, 0.2) is 0 Å². The van der Waals surface area contributed by atoms with Gasteiger partial charge in [-0.05, 0) is 63.1 Å². The summed E-state index contributed by atoms with van der Waals surface area (Å²) in [5.41, 5.74) is 3.20. The van der Waals surface area contributed by atoms with Crippen LogP contribution in [-0.2, 0) is 15.8 Å². The molecular formula is C16H23N3O2S. The maximum Gasteiger partial charge on any atom is 0.215 e. The summed E-state index contributed by atoms with van der Waals surface area (Å²) < 4.78 is 25.7. The number of fused-ring (bicyclic) bond motifs is 1.